The molecule has 0 unspecified atom stereocenters. The number of rotatable bonds is 3. The van der Waals surface area contributed by atoms with Crippen LogP contribution in [0.3, 0.4) is 0 Å². The Hall–Kier alpha value is -5.02. The van der Waals surface area contributed by atoms with E-state index in [4.69, 9.17) is 4.42 Å². The number of anilines is 2. The molecule has 182 valence electrons. The first-order valence-corrected chi connectivity index (χ1v) is 13.4. The maximum Gasteiger partial charge on any atom is 0.328 e. The zero-order valence-corrected chi connectivity index (χ0v) is 21.3. The van der Waals surface area contributed by atoms with Crippen LogP contribution < -0.4 is 15.7 Å². The minimum Gasteiger partial charge on any atom is -0.456 e. The van der Waals surface area contributed by atoms with Crippen LogP contribution in [0.5, 0.6) is 0 Å². The van der Waals surface area contributed by atoms with Gasteiger partial charge >= 0.3 is 6.85 Å². The summed E-state index contributed by atoms with van der Waals surface area (Å²) in [7, 11) is 0. The molecular formula is C36H24BNO. The van der Waals surface area contributed by atoms with Gasteiger partial charge in [0.25, 0.3) is 0 Å². The fourth-order valence-corrected chi connectivity index (χ4v) is 6.24. The van der Waals surface area contributed by atoms with Gasteiger partial charge in [-0.3, -0.25) is 0 Å². The quantitative estimate of drug-likeness (QED) is 0.229. The number of nitrogens with zero attached hydrogens (tertiary/aromatic N) is 1. The molecule has 1 aliphatic rings. The molecule has 0 atom stereocenters. The number of hydrogen-bond donors (Lipinski definition) is 0. The molecule has 0 spiro atoms. The fraction of sp³-hybridized carbons (Fsp3) is 0. The van der Waals surface area contributed by atoms with Crippen molar-refractivity contribution in [2.45, 2.75) is 0 Å². The molecular weight excluding hydrogens is 473 g/mol. The van der Waals surface area contributed by atoms with Gasteiger partial charge in [-0.1, -0.05) is 121 Å². The lowest BCUT2D eigenvalue weighted by Gasteiger charge is -2.39. The summed E-state index contributed by atoms with van der Waals surface area (Å²) in [5, 5.41) is 2.32. The first kappa shape index (κ1) is 22.0. The van der Waals surface area contributed by atoms with Crippen molar-refractivity contribution < 1.29 is 4.42 Å². The van der Waals surface area contributed by atoms with Gasteiger partial charge in [0.05, 0.1) is 0 Å². The molecule has 39 heavy (non-hydrogen) atoms. The number of furan rings is 1. The Bertz CT molecular complexity index is 1970. The maximum atomic E-state index is 6.16. The van der Waals surface area contributed by atoms with Crippen LogP contribution in [0.2, 0.25) is 0 Å². The summed E-state index contributed by atoms with van der Waals surface area (Å²) in [4.78, 5) is 2.48. The van der Waals surface area contributed by atoms with E-state index in [0.717, 1.165) is 16.6 Å². The van der Waals surface area contributed by atoms with Gasteiger partial charge in [0.15, 0.2) is 0 Å². The summed E-state index contributed by atoms with van der Waals surface area (Å²) in [6, 6.07) is 52.0. The van der Waals surface area contributed by atoms with E-state index in [0.29, 0.717) is 0 Å². The third kappa shape index (κ3) is 3.44. The van der Waals surface area contributed by atoms with Gasteiger partial charge in [-0.05, 0) is 52.5 Å². The van der Waals surface area contributed by atoms with Crippen LogP contribution in [-0.4, -0.2) is 6.85 Å². The summed E-state index contributed by atoms with van der Waals surface area (Å²) < 4.78 is 6.16. The lowest BCUT2D eigenvalue weighted by Crippen LogP contribution is -2.57. The van der Waals surface area contributed by atoms with Crippen LogP contribution in [0.1, 0.15) is 0 Å². The van der Waals surface area contributed by atoms with Crippen molar-refractivity contribution >= 4 is 51.1 Å². The number of hydrogen-bond acceptors (Lipinski definition) is 2. The van der Waals surface area contributed by atoms with E-state index < -0.39 is 0 Å². The Kier molecular flexibility index (Phi) is 4.96. The molecule has 0 saturated carbocycles. The zero-order chi connectivity index (χ0) is 25.8. The molecule has 8 rings (SSSR count). The van der Waals surface area contributed by atoms with Crippen LogP contribution in [0.15, 0.2) is 150 Å². The third-order valence-electron chi connectivity index (χ3n) is 7.94. The highest BCUT2D eigenvalue weighted by molar-refractivity contribution is 6.90. The van der Waals surface area contributed by atoms with Crippen LogP contribution in [0, 0.1) is 0 Å². The van der Waals surface area contributed by atoms with E-state index in [1.165, 1.54) is 49.9 Å². The predicted molar refractivity (Wildman–Crippen MR) is 165 cm³/mol. The molecule has 0 radical (unpaired) electrons. The van der Waals surface area contributed by atoms with Gasteiger partial charge in [0.1, 0.15) is 11.2 Å². The largest absolute Gasteiger partial charge is 0.456 e. The molecule has 1 aromatic heterocycles. The minimum atomic E-state index is 0.0538. The van der Waals surface area contributed by atoms with Crippen molar-refractivity contribution in [3.63, 3.8) is 0 Å². The summed E-state index contributed by atoms with van der Waals surface area (Å²) in [6.45, 7) is 0.0538. The van der Waals surface area contributed by atoms with Crippen molar-refractivity contribution in [3.8, 4) is 22.3 Å². The molecule has 1 aliphatic heterocycles. The second-order valence-corrected chi connectivity index (χ2v) is 10.1. The smallest absolute Gasteiger partial charge is 0.328 e. The first-order chi connectivity index (χ1) is 19.4. The van der Waals surface area contributed by atoms with E-state index in [1.807, 2.05) is 12.1 Å². The average Bonchev–Trinajstić information content (AvgIpc) is 3.40. The SMILES string of the molecule is c1ccc(N2B(c3ccc(-c4cccc5oc6ccccc6c45)cc3)c3ccccc3-c3ccccc32)cc1. The Balaban J connectivity index is 1.30. The van der Waals surface area contributed by atoms with E-state index in [9.17, 15) is 0 Å². The highest BCUT2D eigenvalue weighted by Crippen LogP contribution is 2.40. The number of benzene rings is 6. The molecule has 0 amide bonds. The summed E-state index contributed by atoms with van der Waals surface area (Å²) in [6.07, 6.45) is 0. The lowest BCUT2D eigenvalue weighted by atomic mass is 9.45. The van der Waals surface area contributed by atoms with Gasteiger partial charge < -0.3 is 9.23 Å². The Morgan fingerprint density at radius 1 is 0.487 bits per heavy atom. The fourth-order valence-electron chi connectivity index (χ4n) is 6.24. The highest BCUT2D eigenvalue weighted by Gasteiger charge is 2.36. The average molecular weight is 497 g/mol. The molecule has 6 aromatic carbocycles. The Morgan fingerprint density at radius 2 is 1.15 bits per heavy atom. The van der Waals surface area contributed by atoms with Gasteiger partial charge in [-0.15, -0.1) is 0 Å². The van der Waals surface area contributed by atoms with Gasteiger partial charge in [0, 0.05) is 27.7 Å². The van der Waals surface area contributed by atoms with Gasteiger partial charge in [-0.25, -0.2) is 0 Å². The van der Waals surface area contributed by atoms with Crippen LogP contribution in [-0.2, 0) is 0 Å². The van der Waals surface area contributed by atoms with E-state index in [1.54, 1.807) is 0 Å². The molecule has 2 nitrogen and oxygen atoms in total. The Morgan fingerprint density at radius 3 is 2.03 bits per heavy atom. The van der Waals surface area contributed by atoms with E-state index >= 15 is 0 Å². The predicted octanol–water partition coefficient (Wildman–Crippen LogP) is 8.18. The second kappa shape index (κ2) is 8.78. The lowest BCUT2D eigenvalue weighted by molar-refractivity contribution is 0.669. The third-order valence-corrected chi connectivity index (χ3v) is 7.94. The highest BCUT2D eigenvalue weighted by atomic mass is 16.3. The summed E-state index contributed by atoms with van der Waals surface area (Å²) >= 11 is 0. The molecule has 7 aromatic rings. The summed E-state index contributed by atoms with van der Waals surface area (Å²) in [5.41, 5.74) is 11.8. The van der Waals surface area contributed by atoms with Crippen molar-refractivity contribution in [3.05, 3.63) is 146 Å². The molecule has 0 N–H and O–H groups in total. The van der Waals surface area contributed by atoms with E-state index in [-0.39, 0.29) is 6.85 Å². The maximum absolute atomic E-state index is 6.16. The van der Waals surface area contributed by atoms with Crippen molar-refractivity contribution in [2.75, 3.05) is 4.81 Å². The topological polar surface area (TPSA) is 16.4 Å². The van der Waals surface area contributed by atoms with Crippen LogP contribution >= 0.6 is 0 Å². The molecule has 0 saturated heterocycles. The minimum absolute atomic E-state index is 0.0538. The van der Waals surface area contributed by atoms with Crippen molar-refractivity contribution in [1.29, 1.82) is 0 Å². The van der Waals surface area contributed by atoms with Crippen LogP contribution in [0.4, 0.5) is 11.4 Å². The van der Waals surface area contributed by atoms with Gasteiger partial charge in [-0.2, -0.15) is 0 Å². The van der Waals surface area contributed by atoms with E-state index in [2.05, 4.69) is 138 Å². The zero-order valence-electron chi connectivity index (χ0n) is 21.3. The Labute approximate surface area is 227 Å². The monoisotopic (exact) mass is 497 g/mol. The van der Waals surface area contributed by atoms with Gasteiger partial charge in [0.2, 0.25) is 0 Å². The normalized spacial score (nSPS) is 12.5. The standard InChI is InChI=1S/C36H24BNO/c1-2-11-27(12-3-1)38-33-18-8-5-14-30(33)29-13-4-7-17-32(29)37(38)26-23-21-25(22-24-26)28-16-10-20-35-36(28)31-15-6-9-19-34(31)39-35/h1-24H. The molecule has 0 fully saturated rings. The second-order valence-electron chi connectivity index (χ2n) is 10.1. The van der Waals surface area contributed by atoms with Crippen molar-refractivity contribution in [1.82, 2.24) is 0 Å². The number of fused-ring (bicyclic) bond motifs is 6. The first-order valence-electron chi connectivity index (χ1n) is 13.4. The molecule has 3 heteroatoms. The van der Waals surface area contributed by atoms with Crippen LogP contribution in [0.25, 0.3) is 44.2 Å². The summed E-state index contributed by atoms with van der Waals surface area (Å²) in [5.74, 6) is 0. The molecule has 2 heterocycles. The molecule has 0 aliphatic carbocycles. The van der Waals surface area contributed by atoms with Crippen molar-refractivity contribution in [2.24, 2.45) is 0 Å². The number of para-hydroxylation sites is 3. The molecule has 0 bridgehead atoms.